The van der Waals surface area contributed by atoms with E-state index < -0.39 is 5.97 Å². The van der Waals surface area contributed by atoms with Gasteiger partial charge >= 0.3 is 5.97 Å². The van der Waals surface area contributed by atoms with Gasteiger partial charge < -0.3 is 5.11 Å². The molecule has 0 aliphatic rings. The first kappa shape index (κ1) is 14.9. The minimum atomic E-state index is -1.08. The van der Waals surface area contributed by atoms with Crippen molar-refractivity contribution in [3.05, 3.63) is 47.2 Å². The molecule has 0 spiro atoms. The third-order valence-electron chi connectivity index (χ3n) is 3.36. The summed E-state index contributed by atoms with van der Waals surface area (Å²) in [7, 11) is 0. The highest BCUT2D eigenvalue weighted by molar-refractivity contribution is 5.85. The number of hydrogen-bond donors (Lipinski definition) is 1. The van der Waals surface area contributed by atoms with E-state index in [1.54, 1.807) is 16.9 Å². The lowest BCUT2D eigenvalue weighted by atomic mass is 10.3. The first-order chi connectivity index (χ1) is 11.0. The largest absolute Gasteiger partial charge is 0.476 e. The number of hydrogen-bond acceptors (Lipinski definition) is 5. The zero-order valence-electron chi connectivity index (χ0n) is 13.1. The highest BCUT2D eigenvalue weighted by Gasteiger charge is 2.13. The smallest absolute Gasteiger partial charge is 0.356 e. The Kier molecular flexibility index (Phi) is 3.65. The average Bonchev–Trinajstić information content (AvgIpc) is 3.13. The van der Waals surface area contributed by atoms with Gasteiger partial charge in [0, 0.05) is 23.7 Å². The Morgan fingerprint density at radius 1 is 1.22 bits per heavy atom. The number of carboxylic acid groups (broad SMARTS) is 1. The molecule has 0 fully saturated rings. The molecule has 0 radical (unpaired) electrons. The molecule has 0 bridgehead atoms. The molecule has 0 amide bonds. The standard InChI is InChI=1S/C15H16N6O2/c1-4-11-8-13(20-6-5-12(19-20)14(22)23)17-15(16-11)21-10(3)7-9(2)18-21/h5-8H,4H2,1-3H3,(H,22,23). The Morgan fingerprint density at radius 2 is 2.00 bits per heavy atom. The molecule has 3 aromatic rings. The molecule has 0 unspecified atom stereocenters. The molecular weight excluding hydrogens is 296 g/mol. The van der Waals surface area contributed by atoms with Gasteiger partial charge in [0.1, 0.15) is 0 Å². The zero-order valence-corrected chi connectivity index (χ0v) is 13.1. The summed E-state index contributed by atoms with van der Waals surface area (Å²) in [6.07, 6.45) is 2.28. The fraction of sp³-hybridized carbons (Fsp3) is 0.267. The fourth-order valence-corrected chi connectivity index (χ4v) is 2.26. The lowest BCUT2D eigenvalue weighted by molar-refractivity contribution is 0.0690. The summed E-state index contributed by atoms with van der Waals surface area (Å²) in [6.45, 7) is 5.82. The first-order valence-corrected chi connectivity index (χ1v) is 7.19. The van der Waals surface area contributed by atoms with Gasteiger partial charge in [0.2, 0.25) is 0 Å². The van der Waals surface area contributed by atoms with Crippen LogP contribution in [-0.4, -0.2) is 40.6 Å². The van der Waals surface area contributed by atoms with Crippen molar-refractivity contribution in [3.8, 4) is 11.8 Å². The Bertz CT molecular complexity index is 880. The Labute approximate surface area is 132 Å². The van der Waals surface area contributed by atoms with E-state index >= 15 is 0 Å². The van der Waals surface area contributed by atoms with E-state index in [1.165, 1.54) is 10.7 Å². The summed E-state index contributed by atoms with van der Waals surface area (Å²) < 4.78 is 3.10. The summed E-state index contributed by atoms with van der Waals surface area (Å²) >= 11 is 0. The van der Waals surface area contributed by atoms with Gasteiger partial charge in [0.15, 0.2) is 11.5 Å². The van der Waals surface area contributed by atoms with Crippen LogP contribution in [0.25, 0.3) is 11.8 Å². The summed E-state index contributed by atoms with van der Waals surface area (Å²) in [4.78, 5) is 19.9. The summed E-state index contributed by atoms with van der Waals surface area (Å²) in [5.41, 5.74) is 2.59. The molecule has 0 atom stereocenters. The number of nitrogens with zero attached hydrogens (tertiary/aromatic N) is 6. The van der Waals surface area contributed by atoms with E-state index in [9.17, 15) is 4.79 Å². The highest BCUT2D eigenvalue weighted by atomic mass is 16.4. The monoisotopic (exact) mass is 312 g/mol. The van der Waals surface area contributed by atoms with Crippen molar-refractivity contribution in [2.24, 2.45) is 0 Å². The van der Waals surface area contributed by atoms with Crippen molar-refractivity contribution >= 4 is 5.97 Å². The molecule has 0 saturated heterocycles. The molecular formula is C15H16N6O2. The van der Waals surface area contributed by atoms with Crippen LogP contribution < -0.4 is 0 Å². The summed E-state index contributed by atoms with van der Waals surface area (Å²) in [5.74, 6) is -0.128. The van der Waals surface area contributed by atoms with Crippen molar-refractivity contribution in [1.82, 2.24) is 29.5 Å². The van der Waals surface area contributed by atoms with E-state index in [2.05, 4.69) is 20.2 Å². The lowest BCUT2D eigenvalue weighted by Gasteiger charge is -2.08. The number of rotatable bonds is 4. The second-order valence-electron chi connectivity index (χ2n) is 5.16. The maximum absolute atomic E-state index is 11.0. The number of aryl methyl sites for hydroxylation is 3. The molecule has 0 aliphatic heterocycles. The van der Waals surface area contributed by atoms with Crippen molar-refractivity contribution in [2.75, 3.05) is 0 Å². The second kappa shape index (κ2) is 5.64. The molecule has 0 saturated carbocycles. The van der Waals surface area contributed by atoms with Crippen LogP contribution in [0.4, 0.5) is 0 Å². The Hall–Kier alpha value is -3.03. The van der Waals surface area contributed by atoms with E-state index in [4.69, 9.17) is 5.11 Å². The van der Waals surface area contributed by atoms with Gasteiger partial charge in [-0.1, -0.05) is 6.92 Å². The van der Waals surface area contributed by atoms with Crippen LogP contribution in [0.5, 0.6) is 0 Å². The minimum absolute atomic E-state index is 0.0330. The van der Waals surface area contributed by atoms with Crippen LogP contribution in [0.1, 0.15) is 34.5 Å². The number of aromatic carboxylic acids is 1. The molecule has 23 heavy (non-hydrogen) atoms. The molecule has 8 heteroatoms. The molecule has 8 nitrogen and oxygen atoms in total. The van der Waals surface area contributed by atoms with Gasteiger partial charge in [-0.05, 0) is 32.4 Å². The van der Waals surface area contributed by atoms with Crippen molar-refractivity contribution < 1.29 is 9.90 Å². The normalized spacial score (nSPS) is 10.9. The summed E-state index contributed by atoms with van der Waals surface area (Å²) in [5, 5.41) is 17.4. The van der Waals surface area contributed by atoms with E-state index in [0.29, 0.717) is 11.8 Å². The van der Waals surface area contributed by atoms with Crippen LogP contribution in [0.15, 0.2) is 24.4 Å². The Morgan fingerprint density at radius 3 is 2.57 bits per heavy atom. The minimum Gasteiger partial charge on any atom is -0.476 e. The average molecular weight is 312 g/mol. The quantitative estimate of drug-likeness (QED) is 0.787. The first-order valence-electron chi connectivity index (χ1n) is 7.19. The van der Waals surface area contributed by atoms with Crippen molar-refractivity contribution in [2.45, 2.75) is 27.2 Å². The van der Waals surface area contributed by atoms with Gasteiger partial charge in [-0.25, -0.2) is 19.1 Å². The fourth-order valence-electron chi connectivity index (χ4n) is 2.26. The van der Waals surface area contributed by atoms with E-state index in [1.807, 2.05) is 26.8 Å². The summed E-state index contributed by atoms with van der Waals surface area (Å²) in [6, 6.07) is 5.16. The predicted molar refractivity (Wildman–Crippen MR) is 82.1 cm³/mol. The topological polar surface area (TPSA) is 98.7 Å². The van der Waals surface area contributed by atoms with Crippen LogP contribution in [0.3, 0.4) is 0 Å². The predicted octanol–water partition coefficient (Wildman–Crippen LogP) is 1.73. The van der Waals surface area contributed by atoms with Gasteiger partial charge in [0.05, 0.1) is 5.69 Å². The van der Waals surface area contributed by atoms with Crippen LogP contribution >= 0.6 is 0 Å². The molecule has 0 aliphatic carbocycles. The zero-order chi connectivity index (χ0) is 16.6. The highest BCUT2D eigenvalue weighted by Crippen LogP contribution is 2.13. The third kappa shape index (κ3) is 2.83. The number of carboxylic acids is 1. The van der Waals surface area contributed by atoms with Gasteiger partial charge in [0.25, 0.3) is 5.95 Å². The number of aromatic nitrogens is 6. The van der Waals surface area contributed by atoms with Crippen molar-refractivity contribution in [3.63, 3.8) is 0 Å². The van der Waals surface area contributed by atoms with E-state index in [-0.39, 0.29) is 5.69 Å². The molecule has 118 valence electrons. The van der Waals surface area contributed by atoms with Gasteiger partial charge in [-0.3, -0.25) is 0 Å². The van der Waals surface area contributed by atoms with Crippen LogP contribution in [0.2, 0.25) is 0 Å². The maximum atomic E-state index is 11.0. The molecule has 3 heterocycles. The Balaban J connectivity index is 2.12. The number of carbonyl (C=O) groups is 1. The maximum Gasteiger partial charge on any atom is 0.356 e. The molecule has 1 N–H and O–H groups in total. The van der Waals surface area contributed by atoms with E-state index in [0.717, 1.165) is 23.5 Å². The van der Waals surface area contributed by atoms with Crippen LogP contribution in [0, 0.1) is 13.8 Å². The third-order valence-corrected chi connectivity index (χ3v) is 3.36. The van der Waals surface area contributed by atoms with Gasteiger partial charge in [-0.15, -0.1) is 0 Å². The molecule has 3 aromatic heterocycles. The SMILES string of the molecule is CCc1cc(-n2ccc(C(=O)O)n2)nc(-n2nc(C)cc2C)n1. The molecule has 0 aromatic carbocycles. The lowest BCUT2D eigenvalue weighted by Crippen LogP contribution is -2.11. The van der Waals surface area contributed by atoms with Crippen molar-refractivity contribution in [1.29, 1.82) is 0 Å². The second-order valence-corrected chi connectivity index (χ2v) is 5.16. The van der Waals surface area contributed by atoms with Gasteiger partial charge in [-0.2, -0.15) is 15.2 Å². The van der Waals surface area contributed by atoms with Crippen LogP contribution in [-0.2, 0) is 6.42 Å². The molecule has 3 rings (SSSR count).